The molecule has 0 saturated carbocycles. The van der Waals surface area contributed by atoms with Gasteiger partial charge in [-0.3, -0.25) is 29.8 Å². The first-order valence-corrected chi connectivity index (χ1v) is 14.0. The Balaban J connectivity index is 1.06. The van der Waals surface area contributed by atoms with Gasteiger partial charge in [-0.05, 0) is 29.2 Å². The monoisotopic (exact) mass is 547 g/mol. The van der Waals surface area contributed by atoms with Gasteiger partial charge in [-0.2, -0.15) is 0 Å². The third-order valence-electron chi connectivity index (χ3n) is 7.22. The lowest BCUT2D eigenvalue weighted by Gasteiger charge is -2.26. The molecule has 5 aromatic rings. The highest BCUT2D eigenvalue weighted by atomic mass is 32.1. The summed E-state index contributed by atoms with van der Waals surface area (Å²) in [6, 6.07) is 14.9. The topological polar surface area (TPSA) is 116 Å². The van der Waals surface area contributed by atoms with E-state index in [1.54, 1.807) is 29.7 Å². The molecule has 0 spiro atoms. The van der Waals surface area contributed by atoms with E-state index in [1.165, 1.54) is 10.5 Å². The second kappa shape index (κ2) is 10.2. The van der Waals surface area contributed by atoms with Crippen LogP contribution in [0.15, 0.2) is 71.5 Å². The van der Waals surface area contributed by atoms with E-state index in [9.17, 15) is 9.59 Å². The third-order valence-corrected chi connectivity index (χ3v) is 8.30. The van der Waals surface area contributed by atoms with Crippen LogP contribution in [0.2, 0.25) is 0 Å². The van der Waals surface area contributed by atoms with Crippen molar-refractivity contribution in [3.8, 4) is 0 Å². The van der Waals surface area contributed by atoms with Gasteiger partial charge < -0.3 is 4.98 Å². The van der Waals surface area contributed by atoms with Crippen molar-refractivity contribution in [2.75, 3.05) is 18.4 Å². The summed E-state index contributed by atoms with van der Waals surface area (Å²) < 4.78 is 0. The standard InChI is InChI=1S/C30H25N7O2S/c38-25(13-27-33-22-9-11-37(17-26(22)40-27)16-18-8-10-31-14-18)21-6-3-7-23-28(21)35-30(34-23)36-29(39)24-12-19-4-1-2-5-20(19)15-32-24/h1-7,10,12,14-15H,8-9,11,13,16-17H2,(H2,34,35,36,39). The molecule has 0 aliphatic carbocycles. The molecule has 40 heavy (non-hydrogen) atoms. The number of anilines is 1. The zero-order chi connectivity index (χ0) is 27.1. The second-order valence-electron chi connectivity index (χ2n) is 10.0. The van der Waals surface area contributed by atoms with Crippen molar-refractivity contribution in [3.63, 3.8) is 0 Å². The summed E-state index contributed by atoms with van der Waals surface area (Å²) >= 11 is 1.62. The van der Waals surface area contributed by atoms with E-state index in [0.717, 1.165) is 53.9 Å². The lowest BCUT2D eigenvalue weighted by molar-refractivity contribution is 0.0992. The highest BCUT2D eigenvalue weighted by molar-refractivity contribution is 7.11. The number of aliphatic imine (C=N–C) groups is 1. The zero-order valence-corrected chi connectivity index (χ0v) is 22.4. The quantitative estimate of drug-likeness (QED) is 0.278. The van der Waals surface area contributed by atoms with E-state index < -0.39 is 0 Å². The number of aromatic amines is 1. The Labute approximate surface area is 233 Å². The molecule has 9 nitrogen and oxygen atoms in total. The predicted molar refractivity (Wildman–Crippen MR) is 156 cm³/mol. The van der Waals surface area contributed by atoms with Crippen LogP contribution in [0.3, 0.4) is 0 Å². The predicted octanol–water partition coefficient (Wildman–Crippen LogP) is 4.96. The maximum Gasteiger partial charge on any atom is 0.276 e. The number of aromatic nitrogens is 4. The number of Topliss-reactive ketones (excluding diaryl/α,β-unsaturated/α-hetero) is 1. The number of nitrogens with zero attached hydrogens (tertiary/aromatic N) is 5. The summed E-state index contributed by atoms with van der Waals surface area (Å²) in [5.41, 5.74) is 4.42. The Morgan fingerprint density at radius 1 is 1.07 bits per heavy atom. The first-order valence-electron chi connectivity index (χ1n) is 13.2. The summed E-state index contributed by atoms with van der Waals surface area (Å²) in [5.74, 6) is -0.165. The number of imidazole rings is 1. The van der Waals surface area contributed by atoms with Crippen molar-refractivity contribution in [2.24, 2.45) is 4.99 Å². The Bertz CT molecular complexity index is 1850. The number of para-hydroxylation sites is 1. The van der Waals surface area contributed by atoms with Crippen molar-refractivity contribution in [3.05, 3.63) is 93.3 Å². The smallest absolute Gasteiger partial charge is 0.276 e. The molecule has 0 radical (unpaired) electrons. The van der Waals surface area contributed by atoms with Crippen LogP contribution < -0.4 is 5.32 Å². The Morgan fingerprint density at radius 3 is 2.85 bits per heavy atom. The molecule has 0 fully saturated rings. The minimum Gasteiger partial charge on any atom is -0.324 e. The maximum atomic E-state index is 13.4. The number of pyridine rings is 1. The summed E-state index contributed by atoms with van der Waals surface area (Å²) in [6.07, 6.45) is 7.61. The minimum atomic E-state index is -0.378. The van der Waals surface area contributed by atoms with Gasteiger partial charge in [-0.15, -0.1) is 11.3 Å². The van der Waals surface area contributed by atoms with Gasteiger partial charge in [0.2, 0.25) is 5.95 Å². The molecule has 0 bridgehead atoms. The normalized spacial score (nSPS) is 14.9. The number of ketones is 1. The highest BCUT2D eigenvalue weighted by Gasteiger charge is 2.23. The van der Waals surface area contributed by atoms with E-state index in [1.807, 2.05) is 48.8 Å². The molecule has 0 unspecified atom stereocenters. The lowest BCUT2D eigenvalue weighted by Crippen LogP contribution is -2.31. The van der Waals surface area contributed by atoms with Crippen LogP contribution >= 0.6 is 11.3 Å². The third kappa shape index (κ3) is 4.83. The van der Waals surface area contributed by atoms with Crippen molar-refractivity contribution in [2.45, 2.75) is 25.8 Å². The average Bonchev–Trinajstić information content (AvgIpc) is 3.72. The number of rotatable bonds is 7. The van der Waals surface area contributed by atoms with E-state index in [-0.39, 0.29) is 29.8 Å². The number of hydrogen-bond donors (Lipinski definition) is 2. The van der Waals surface area contributed by atoms with Crippen LogP contribution in [-0.4, -0.2) is 55.8 Å². The van der Waals surface area contributed by atoms with Gasteiger partial charge >= 0.3 is 0 Å². The van der Waals surface area contributed by atoms with Crippen LogP contribution in [0.1, 0.15) is 42.8 Å². The number of benzene rings is 2. The van der Waals surface area contributed by atoms with Gasteiger partial charge in [-0.25, -0.2) is 9.97 Å². The zero-order valence-electron chi connectivity index (χ0n) is 21.6. The number of H-pyrrole nitrogens is 1. The molecule has 2 N–H and O–H groups in total. The van der Waals surface area contributed by atoms with Crippen molar-refractivity contribution in [1.29, 1.82) is 0 Å². The van der Waals surface area contributed by atoms with Crippen molar-refractivity contribution in [1.82, 2.24) is 24.8 Å². The maximum absolute atomic E-state index is 13.4. The number of amides is 1. The summed E-state index contributed by atoms with van der Waals surface area (Å²) in [4.78, 5) is 50.9. The van der Waals surface area contributed by atoms with Crippen LogP contribution in [0.5, 0.6) is 0 Å². The summed E-state index contributed by atoms with van der Waals surface area (Å²) in [6.45, 7) is 2.72. The van der Waals surface area contributed by atoms with E-state index in [0.29, 0.717) is 16.6 Å². The van der Waals surface area contributed by atoms with Crippen LogP contribution in [0, 0.1) is 0 Å². The molecule has 7 rings (SSSR count). The van der Waals surface area contributed by atoms with E-state index in [2.05, 4.69) is 30.2 Å². The number of thiazole rings is 1. The van der Waals surface area contributed by atoms with Crippen molar-refractivity contribution >= 4 is 57.0 Å². The molecule has 2 aliphatic heterocycles. The highest BCUT2D eigenvalue weighted by Crippen LogP contribution is 2.28. The first-order chi connectivity index (χ1) is 19.6. The lowest BCUT2D eigenvalue weighted by atomic mass is 10.1. The molecule has 2 aliphatic rings. The average molecular weight is 548 g/mol. The van der Waals surface area contributed by atoms with Gasteiger partial charge in [0.1, 0.15) is 16.2 Å². The van der Waals surface area contributed by atoms with Gasteiger partial charge in [0.05, 0.1) is 17.6 Å². The fourth-order valence-corrected chi connectivity index (χ4v) is 6.37. The second-order valence-corrected chi connectivity index (χ2v) is 11.2. The minimum absolute atomic E-state index is 0.0533. The molecule has 5 heterocycles. The van der Waals surface area contributed by atoms with Crippen LogP contribution in [-0.2, 0) is 19.4 Å². The molecular formula is C30H25N7O2S. The number of carbonyl (C=O) groups is 2. The van der Waals surface area contributed by atoms with E-state index in [4.69, 9.17) is 4.98 Å². The molecule has 10 heteroatoms. The fraction of sp³-hybridized carbons (Fsp3) is 0.200. The van der Waals surface area contributed by atoms with Crippen molar-refractivity contribution < 1.29 is 9.59 Å². The molecule has 3 aromatic heterocycles. The Morgan fingerprint density at radius 2 is 1.98 bits per heavy atom. The summed E-state index contributed by atoms with van der Waals surface area (Å²) in [7, 11) is 0. The SMILES string of the molecule is O=C(Nc1nc2c(C(=O)Cc3nc4c(s3)CN(CC3=CN=CC3)CC4)cccc2[nH]1)c1cc2ccccc2cn1. The number of carbonyl (C=O) groups excluding carboxylic acids is 2. The van der Waals surface area contributed by atoms with Gasteiger partial charge in [-0.1, -0.05) is 30.3 Å². The molecule has 0 saturated heterocycles. The van der Waals surface area contributed by atoms with Gasteiger partial charge in [0.25, 0.3) is 5.91 Å². The molecule has 198 valence electrons. The largest absolute Gasteiger partial charge is 0.324 e. The molecule has 2 aromatic carbocycles. The fourth-order valence-electron chi connectivity index (χ4n) is 5.21. The van der Waals surface area contributed by atoms with Gasteiger partial charge in [0, 0.05) is 66.9 Å². The van der Waals surface area contributed by atoms with Crippen LogP contribution in [0.4, 0.5) is 5.95 Å². The first kappa shape index (κ1) is 24.5. The molecule has 1 amide bonds. The summed E-state index contributed by atoms with van der Waals surface area (Å²) in [5, 5.41) is 5.50. The number of fused-ring (bicyclic) bond motifs is 3. The van der Waals surface area contributed by atoms with Gasteiger partial charge in [0.15, 0.2) is 5.78 Å². The number of nitrogens with one attached hydrogen (secondary N) is 2. The number of hydrogen-bond acceptors (Lipinski definition) is 8. The Hall–Kier alpha value is -4.54. The molecule has 0 atom stereocenters. The Kier molecular flexibility index (Phi) is 6.26. The van der Waals surface area contributed by atoms with Crippen LogP contribution in [0.25, 0.3) is 21.8 Å². The van der Waals surface area contributed by atoms with E-state index >= 15 is 0 Å². The molecular weight excluding hydrogens is 522 g/mol.